The summed E-state index contributed by atoms with van der Waals surface area (Å²) in [6.07, 6.45) is 0.927. The highest BCUT2D eigenvalue weighted by Crippen LogP contribution is 2.14. The van der Waals surface area contributed by atoms with Gasteiger partial charge in [-0.15, -0.1) is 12.6 Å². The number of carbonyl (C=O) groups is 1. The normalized spacial score (nSPS) is 12.2. The summed E-state index contributed by atoms with van der Waals surface area (Å²) in [5, 5.41) is 0. The van der Waals surface area contributed by atoms with Crippen molar-refractivity contribution < 1.29 is 9.53 Å². The molecule has 4 heteroatoms. The molecule has 1 aromatic rings. The maximum absolute atomic E-state index is 12.4. The monoisotopic (exact) mass is 267 g/mol. The van der Waals surface area contributed by atoms with Crippen molar-refractivity contribution in [1.29, 1.82) is 0 Å². The number of hydrogen-bond acceptors (Lipinski definition) is 3. The average Bonchev–Trinajstić information content (AvgIpc) is 2.38. The number of carbonyl (C=O) groups excluding carboxylic acids is 1. The van der Waals surface area contributed by atoms with E-state index in [4.69, 9.17) is 4.74 Å². The second-order valence-electron chi connectivity index (χ2n) is 4.30. The van der Waals surface area contributed by atoms with Gasteiger partial charge in [0.2, 0.25) is 0 Å². The van der Waals surface area contributed by atoms with Gasteiger partial charge in [0.25, 0.3) is 5.91 Å². The van der Waals surface area contributed by atoms with Crippen molar-refractivity contribution in [2.75, 3.05) is 20.3 Å². The summed E-state index contributed by atoms with van der Waals surface area (Å²) in [5.41, 5.74) is 0.680. The molecule has 0 fully saturated rings. The van der Waals surface area contributed by atoms with E-state index in [9.17, 15) is 4.79 Å². The highest BCUT2D eigenvalue weighted by molar-refractivity contribution is 7.80. The Bertz CT molecular complexity index is 395. The van der Waals surface area contributed by atoms with Crippen LogP contribution in [0.3, 0.4) is 0 Å². The quantitative estimate of drug-likeness (QED) is 0.803. The van der Waals surface area contributed by atoms with Crippen LogP contribution in [-0.4, -0.2) is 37.1 Å². The van der Waals surface area contributed by atoms with Gasteiger partial charge in [-0.25, -0.2) is 0 Å². The van der Waals surface area contributed by atoms with Gasteiger partial charge in [0, 0.05) is 30.2 Å². The van der Waals surface area contributed by atoms with Crippen LogP contribution in [0.15, 0.2) is 29.2 Å². The highest BCUT2D eigenvalue weighted by atomic mass is 32.1. The maximum atomic E-state index is 12.4. The van der Waals surface area contributed by atoms with E-state index in [1.54, 1.807) is 13.2 Å². The zero-order valence-corrected chi connectivity index (χ0v) is 12.1. The Morgan fingerprint density at radius 3 is 2.78 bits per heavy atom. The Morgan fingerprint density at radius 1 is 1.50 bits per heavy atom. The molecule has 0 bridgehead atoms. The van der Waals surface area contributed by atoms with E-state index in [0.29, 0.717) is 18.7 Å². The van der Waals surface area contributed by atoms with Crippen molar-refractivity contribution in [2.24, 2.45) is 0 Å². The summed E-state index contributed by atoms with van der Waals surface area (Å²) >= 11 is 4.27. The van der Waals surface area contributed by atoms with E-state index in [0.717, 1.165) is 11.3 Å². The van der Waals surface area contributed by atoms with Crippen LogP contribution in [0.2, 0.25) is 0 Å². The lowest BCUT2D eigenvalue weighted by Gasteiger charge is -2.28. The Kier molecular flexibility index (Phi) is 6.22. The van der Waals surface area contributed by atoms with Crippen molar-refractivity contribution >= 4 is 18.5 Å². The number of rotatable bonds is 6. The van der Waals surface area contributed by atoms with Crippen molar-refractivity contribution in [3.8, 4) is 0 Å². The number of amides is 1. The number of thiol groups is 1. The molecule has 1 amide bonds. The molecule has 0 aliphatic rings. The lowest BCUT2D eigenvalue weighted by molar-refractivity contribution is 0.0613. The minimum absolute atomic E-state index is 0.0392. The third-order valence-electron chi connectivity index (χ3n) is 3.01. The van der Waals surface area contributed by atoms with E-state index in [1.807, 2.05) is 23.1 Å². The molecular weight excluding hydrogens is 246 g/mol. The van der Waals surface area contributed by atoms with Crippen LogP contribution in [0.4, 0.5) is 0 Å². The molecule has 0 aliphatic heterocycles. The summed E-state index contributed by atoms with van der Waals surface area (Å²) in [6.45, 7) is 5.29. The molecule has 0 N–H and O–H groups in total. The summed E-state index contributed by atoms with van der Waals surface area (Å²) in [7, 11) is 1.65. The van der Waals surface area contributed by atoms with Gasteiger partial charge in [-0.05, 0) is 31.5 Å². The fraction of sp³-hybridized carbons (Fsp3) is 0.500. The molecule has 1 rings (SSSR count). The van der Waals surface area contributed by atoms with Crippen molar-refractivity contribution in [2.45, 2.75) is 31.2 Å². The van der Waals surface area contributed by atoms with Gasteiger partial charge in [0.05, 0.1) is 6.61 Å². The molecule has 0 saturated carbocycles. The molecular formula is C14H21NO2S. The lowest BCUT2D eigenvalue weighted by atomic mass is 10.1. The van der Waals surface area contributed by atoms with Gasteiger partial charge in [-0.1, -0.05) is 13.0 Å². The molecule has 100 valence electrons. The zero-order valence-electron chi connectivity index (χ0n) is 11.2. The molecule has 1 atom stereocenters. The Labute approximate surface area is 115 Å². The topological polar surface area (TPSA) is 29.5 Å². The lowest BCUT2D eigenvalue weighted by Crippen LogP contribution is -2.40. The minimum atomic E-state index is 0.0392. The van der Waals surface area contributed by atoms with Crippen LogP contribution in [-0.2, 0) is 4.74 Å². The zero-order chi connectivity index (χ0) is 13.5. The second-order valence-corrected chi connectivity index (χ2v) is 4.82. The summed E-state index contributed by atoms with van der Waals surface area (Å²) < 4.78 is 5.07. The average molecular weight is 267 g/mol. The number of hydrogen-bond donors (Lipinski definition) is 1. The van der Waals surface area contributed by atoms with Crippen LogP contribution in [0, 0.1) is 0 Å². The van der Waals surface area contributed by atoms with Crippen molar-refractivity contribution in [3.63, 3.8) is 0 Å². The highest BCUT2D eigenvalue weighted by Gasteiger charge is 2.20. The van der Waals surface area contributed by atoms with Crippen LogP contribution >= 0.6 is 12.6 Å². The Morgan fingerprint density at radius 2 is 2.22 bits per heavy atom. The van der Waals surface area contributed by atoms with Gasteiger partial charge < -0.3 is 9.64 Å². The number of ether oxygens (including phenoxy) is 1. The van der Waals surface area contributed by atoms with Gasteiger partial charge in [-0.2, -0.15) is 0 Å². The first-order chi connectivity index (χ1) is 8.60. The third kappa shape index (κ3) is 4.03. The van der Waals surface area contributed by atoms with Crippen LogP contribution in [0.5, 0.6) is 0 Å². The molecule has 0 radical (unpaired) electrons. The van der Waals surface area contributed by atoms with Gasteiger partial charge in [0.1, 0.15) is 0 Å². The first-order valence-corrected chi connectivity index (χ1v) is 6.63. The van der Waals surface area contributed by atoms with E-state index in [1.165, 1.54) is 0 Å². The predicted molar refractivity (Wildman–Crippen MR) is 76.4 cm³/mol. The molecule has 18 heavy (non-hydrogen) atoms. The summed E-state index contributed by atoms with van der Waals surface area (Å²) in [6, 6.07) is 7.54. The summed E-state index contributed by atoms with van der Waals surface area (Å²) in [5.74, 6) is 0.0392. The van der Waals surface area contributed by atoms with E-state index >= 15 is 0 Å². The van der Waals surface area contributed by atoms with Crippen LogP contribution in [0.25, 0.3) is 0 Å². The van der Waals surface area contributed by atoms with Crippen molar-refractivity contribution in [3.05, 3.63) is 29.8 Å². The van der Waals surface area contributed by atoms with Crippen LogP contribution in [0.1, 0.15) is 30.6 Å². The van der Waals surface area contributed by atoms with Gasteiger partial charge >= 0.3 is 0 Å². The SMILES string of the molecule is CCC(C)N(CCOC)C(=O)c1cccc(S)c1. The molecule has 1 aromatic carbocycles. The first-order valence-electron chi connectivity index (χ1n) is 6.19. The van der Waals surface area contributed by atoms with E-state index in [-0.39, 0.29) is 11.9 Å². The molecule has 0 spiro atoms. The predicted octanol–water partition coefficient (Wildman–Crippen LogP) is 2.86. The Balaban J connectivity index is 2.87. The number of nitrogens with zero attached hydrogens (tertiary/aromatic N) is 1. The number of methoxy groups -OCH3 is 1. The smallest absolute Gasteiger partial charge is 0.254 e. The van der Waals surface area contributed by atoms with E-state index < -0.39 is 0 Å². The molecule has 3 nitrogen and oxygen atoms in total. The fourth-order valence-corrected chi connectivity index (χ4v) is 1.96. The summed E-state index contributed by atoms with van der Waals surface area (Å²) in [4.78, 5) is 15.1. The molecule has 0 aromatic heterocycles. The second kappa shape index (κ2) is 7.44. The van der Waals surface area contributed by atoms with Crippen molar-refractivity contribution in [1.82, 2.24) is 4.90 Å². The van der Waals surface area contributed by atoms with Crippen LogP contribution < -0.4 is 0 Å². The molecule has 0 saturated heterocycles. The third-order valence-corrected chi connectivity index (χ3v) is 3.29. The fourth-order valence-electron chi connectivity index (χ4n) is 1.74. The molecule has 1 unspecified atom stereocenters. The molecule has 0 aliphatic carbocycles. The first kappa shape index (κ1) is 15.1. The standard InChI is InChI=1S/C14H21NO2S/c1-4-11(2)15(8-9-17-3)14(16)12-6-5-7-13(18)10-12/h5-7,10-11,18H,4,8-9H2,1-3H3. The largest absolute Gasteiger partial charge is 0.383 e. The minimum Gasteiger partial charge on any atom is -0.383 e. The maximum Gasteiger partial charge on any atom is 0.254 e. The van der Waals surface area contributed by atoms with Gasteiger partial charge in [0.15, 0.2) is 0 Å². The van der Waals surface area contributed by atoms with E-state index in [2.05, 4.69) is 26.5 Å². The van der Waals surface area contributed by atoms with Gasteiger partial charge in [-0.3, -0.25) is 4.79 Å². The Hall–Kier alpha value is -1.00. The number of benzene rings is 1. The molecule has 0 heterocycles.